The van der Waals surface area contributed by atoms with Gasteiger partial charge in [0, 0.05) is 25.9 Å². The first kappa shape index (κ1) is 15.4. The quantitative estimate of drug-likeness (QED) is 0.857. The van der Waals surface area contributed by atoms with Gasteiger partial charge in [0.2, 0.25) is 5.91 Å². The number of nitriles is 1. The highest BCUT2D eigenvalue weighted by Gasteiger charge is 2.47. The first-order chi connectivity index (χ1) is 9.88. The fourth-order valence-corrected chi connectivity index (χ4v) is 2.82. The molecule has 0 N–H and O–H groups in total. The number of aromatic nitrogens is 1. The number of halogens is 2. The van der Waals surface area contributed by atoms with Gasteiger partial charge in [0.05, 0.1) is 11.6 Å². The number of pyridine rings is 1. The SMILES string of the molecule is CCC(c1cncc(C#N)c1)N1CCC(C(C)(F)F)C1=O. The second-order valence-corrected chi connectivity index (χ2v) is 5.37. The van der Waals surface area contributed by atoms with Crippen LogP contribution >= 0.6 is 0 Å². The maximum absolute atomic E-state index is 13.4. The molecule has 4 nitrogen and oxygen atoms in total. The zero-order chi connectivity index (χ0) is 15.6. The van der Waals surface area contributed by atoms with Gasteiger partial charge >= 0.3 is 0 Å². The van der Waals surface area contributed by atoms with Crippen LogP contribution < -0.4 is 0 Å². The highest BCUT2D eigenvalue weighted by atomic mass is 19.3. The summed E-state index contributed by atoms with van der Waals surface area (Å²) in [4.78, 5) is 17.7. The maximum atomic E-state index is 13.4. The van der Waals surface area contributed by atoms with Crippen molar-refractivity contribution in [2.45, 2.75) is 38.7 Å². The fourth-order valence-electron chi connectivity index (χ4n) is 2.82. The second kappa shape index (κ2) is 5.76. The van der Waals surface area contributed by atoms with Crippen LogP contribution in [0.3, 0.4) is 0 Å². The van der Waals surface area contributed by atoms with Crippen LogP contribution in [0.5, 0.6) is 0 Å². The van der Waals surface area contributed by atoms with E-state index in [1.54, 1.807) is 12.3 Å². The minimum Gasteiger partial charge on any atom is -0.335 e. The molecule has 0 bridgehead atoms. The first-order valence-electron chi connectivity index (χ1n) is 6.91. The molecule has 1 aliphatic rings. The molecule has 2 heterocycles. The van der Waals surface area contributed by atoms with Crippen LogP contribution in [0.2, 0.25) is 0 Å². The molecule has 21 heavy (non-hydrogen) atoms. The highest BCUT2D eigenvalue weighted by Crippen LogP contribution is 2.37. The minimum absolute atomic E-state index is 0.157. The Morgan fingerprint density at radius 2 is 2.29 bits per heavy atom. The topological polar surface area (TPSA) is 57.0 Å². The molecule has 1 saturated heterocycles. The molecule has 1 aliphatic heterocycles. The summed E-state index contributed by atoms with van der Waals surface area (Å²) >= 11 is 0. The zero-order valence-corrected chi connectivity index (χ0v) is 12.0. The van der Waals surface area contributed by atoms with E-state index in [2.05, 4.69) is 4.98 Å². The van der Waals surface area contributed by atoms with E-state index >= 15 is 0 Å². The number of hydrogen-bond acceptors (Lipinski definition) is 3. The molecular weight excluding hydrogens is 276 g/mol. The maximum Gasteiger partial charge on any atom is 0.256 e. The lowest BCUT2D eigenvalue weighted by Gasteiger charge is -2.28. The summed E-state index contributed by atoms with van der Waals surface area (Å²) in [6.45, 7) is 2.98. The Morgan fingerprint density at radius 1 is 1.57 bits per heavy atom. The Bertz CT molecular complexity index is 577. The van der Waals surface area contributed by atoms with E-state index in [0.717, 1.165) is 6.92 Å². The van der Waals surface area contributed by atoms with Gasteiger partial charge in [-0.15, -0.1) is 0 Å². The number of nitrogens with zero attached hydrogens (tertiary/aromatic N) is 3. The Balaban J connectivity index is 2.27. The van der Waals surface area contributed by atoms with Crippen LogP contribution in [0.4, 0.5) is 8.78 Å². The smallest absolute Gasteiger partial charge is 0.256 e. The molecule has 1 fully saturated rings. The average Bonchev–Trinajstić information content (AvgIpc) is 2.82. The van der Waals surface area contributed by atoms with E-state index in [0.29, 0.717) is 24.1 Å². The summed E-state index contributed by atoms with van der Waals surface area (Å²) in [7, 11) is 0. The molecule has 0 spiro atoms. The number of hydrogen-bond donors (Lipinski definition) is 0. The molecular formula is C15H17F2N3O. The summed E-state index contributed by atoms with van der Waals surface area (Å²) in [6.07, 6.45) is 3.76. The molecule has 6 heteroatoms. The summed E-state index contributed by atoms with van der Waals surface area (Å²) in [5, 5.41) is 8.91. The summed E-state index contributed by atoms with van der Waals surface area (Å²) in [6, 6.07) is 3.34. The predicted molar refractivity (Wildman–Crippen MR) is 72.4 cm³/mol. The van der Waals surface area contributed by atoms with Gasteiger partial charge in [0.15, 0.2) is 0 Å². The minimum atomic E-state index is -3.00. The van der Waals surface area contributed by atoms with Crippen molar-refractivity contribution >= 4 is 5.91 Å². The molecule has 0 saturated carbocycles. The third-order valence-corrected chi connectivity index (χ3v) is 3.89. The van der Waals surface area contributed by atoms with Crippen molar-refractivity contribution in [1.82, 2.24) is 9.88 Å². The van der Waals surface area contributed by atoms with Gasteiger partial charge in [-0.05, 0) is 24.5 Å². The van der Waals surface area contributed by atoms with E-state index in [1.165, 1.54) is 11.1 Å². The Labute approximate surface area is 122 Å². The van der Waals surface area contributed by atoms with Gasteiger partial charge in [-0.25, -0.2) is 8.78 Å². The largest absolute Gasteiger partial charge is 0.335 e. The fraction of sp³-hybridized carbons (Fsp3) is 0.533. The van der Waals surface area contributed by atoms with Crippen molar-refractivity contribution in [2.24, 2.45) is 5.92 Å². The lowest BCUT2D eigenvalue weighted by atomic mass is 10.0. The van der Waals surface area contributed by atoms with Gasteiger partial charge in [-0.3, -0.25) is 9.78 Å². The van der Waals surface area contributed by atoms with Crippen LogP contribution in [-0.4, -0.2) is 28.3 Å². The van der Waals surface area contributed by atoms with Crippen LogP contribution in [0.25, 0.3) is 0 Å². The third kappa shape index (κ3) is 3.02. The Hall–Kier alpha value is -2.03. The third-order valence-electron chi connectivity index (χ3n) is 3.89. The molecule has 0 aromatic carbocycles. The molecule has 2 rings (SSSR count). The van der Waals surface area contributed by atoms with Crippen LogP contribution in [-0.2, 0) is 4.79 Å². The monoisotopic (exact) mass is 293 g/mol. The van der Waals surface area contributed by atoms with Crippen molar-refractivity contribution in [1.29, 1.82) is 5.26 Å². The van der Waals surface area contributed by atoms with Crippen molar-refractivity contribution < 1.29 is 13.6 Å². The van der Waals surface area contributed by atoms with Gasteiger partial charge in [0.25, 0.3) is 5.92 Å². The van der Waals surface area contributed by atoms with Gasteiger partial charge in [-0.2, -0.15) is 5.26 Å². The second-order valence-electron chi connectivity index (χ2n) is 5.37. The van der Waals surface area contributed by atoms with Crippen molar-refractivity contribution in [3.8, 4) is 6.07 Å². The number of carbonyl (C=O) groups is 1. The number of alkyl halides is 2. The number of carbonyl (C=O) groups excluding carboxylic acids is 1. The molecule has 2 atom stereocenters. The molecule has 1 aromatic rings. The van der Waals surface area contributed by atoms with Gasteiger partial charge in [-0.1, -0.05) is 6.92 Å². The van der Waals surface area contributed by atoms with E-state index in [1.807, 2.05) is 13.0 Å². The number of rotatable bonds is 4. The van der Waals surface area contributed by atoms with E-state index < -0.39 is 17.7 Å². The molecule has 0 aliphatic carbocycles. The number of likely N-dealkylation sites (tertiary alicyclic amines) is 1. The Kier molecular flexibility index (Phi) is 4.21. The molecule has 1 amide bonds. The Morgan fingerprint density at radius 3 is 2.81 bits per heavy atom. The van der Waals surface area contributed by atoms with Crippen molar-refractivity contribution in [3.63, 3.8) is 0 Å². The van der Waals surface area contributed by atoms with Crippen LogP contribution in [0.15, 0.2) is 18.5 Å². The van der Waals surface area contributed by atoms with Crippen molar-refractivity contribution in [3.05, 3.63) is 29.6 Å². The molecule has 0 radical (unpaired) electrons. The first-order valence-corrected chi connectivity index (χ1v) is 6.91. The van der Waals surface area contributed by atoms with Gasteiger partial charge in [0.1, 0.15) is 12.0 Å². The molecule has 2 unspecified atom stereocenters. The summed E-state index contributed by atoms with van der Waals surface area (Å²) in [5.74, 6) is -4.77. The van der Waals surface area contributed by atoms with E-state index in [4.69, 9.17) is 5.26 Å². The predicted octanol–water partition coefficient (Wildman–Crippen LogP) is 2.91. The summed E-state index contributed by atoms with van der Waals surface area (Å²) in [5.41, 5.74) is 1.11. The lowest BCUT2D eigenvalue weighted by molar-refractivity contribution is -0.143. The highest BCUT2D eigenvalue weighted by molar-refractivity contribution is 5.82. The molecule has 1 aromatic heterocycles. The normalized spacial score (nSPS) is 20.4. The van der Waals surface area contributed by atoms with Crippen molar-refractivity contribution in [2.75, 3.05) is 6.54 Å². The van der Waals surface area contributed by atoms with Gasteiger partial charge < -0.3 is 4.90 Å². The average molecular weight is 293 g/mol. The lowest BCUT2D eigenvalue weighted by Crippen LogP contribution is -2.36. The van der Waals surface area contributed by atoms with E-state index in [-0.39, 0.29) is 12.5 Å². The molecule has 112 valence electrons. The standard InChI is InChI=1S/C15H17F2N3O/c1-3-13(11-6-10(7-18)8-19-9-11)20-5-4-12(14(20)21)15(2,16)17/h6,8-9,12-13H,3-5H2,1-2H3. The number of amides is 1. The van der Waals surface area contributed by atoms with Crippen LogP contribution in [0.1, 0.15) is 43.9 Å². The van der Waals surface area contributed by atoms with Crippen LogP contribution in [0, 0.1) is 17.2 Å². The van der Waals surface area contributed by atoms with E-state index in [9.17, 15) is 13.6 Å². The zero-order valence-electron chi connectivity index (χ0n) is 12.0. The summed E-state index contributed by atoms with van der Waals surface area (Å²) < 4.78 is 26.9.